The van der Waals surface area contributed by atoms with E-state index in [1.54, 1.807) is 30.0 Å². The van der Waals surface area contributed by atoms with Gasteiger partial charge in [0, 0.05) is 18.7 Å². The molecule has 0 aliphatic rings. The van der Waals surface area contributed by atoms with Crippen LogP contribution in [0.1, 0.15) is 13.3 Å². The van der Waals surface area contributed by atoms with Crippen molar-refractivity contribution in [3.05, 3.63) is 24.3 Å². The first kappa shape index (κ1) is 13.3. The average Bonchev–Trinajstić information content (AvgIpc) is 2.80. The first-order chi connectivity index (χ1) is 8.70. The molecule has 1 N–H and O–H groups in total. The Labute approximate surface area is 114 Å². The van der Waals surface area contributed by atoms with E-state index in [0.29, 0.717) is 18.7 Å². The number of para-hydroxylation sites is 1. The molecule has 2 aromatic rings. The highest BCUT2D eigenvalue weighted by atomic mass is 32.2. The second-order valence-corrected chi connectivity index (χ2v) is 6.03. The number of aromatic nitrogens is 1. The van der Waals surface area contributed by atoms with Gasteiger partial charge in [-0.2, -0.15) is 0 Å². The van der Waals surface area contributed by atoms with E-state index in [2.05, 4.69) is 4.98 Å². The van der Waals surface area contributed by atoms with Gasteiger partial charge in [-0.15, -0.1) is 11.3 Å². The number of thiazole rings is 1. The topological polar surface area (TPSA) is 53.4 Å². The van der Waals surface area contributed by atoms with Gasteiger partial charge in [-0.05, 0) is 19.1 Å². The van der Waals surface area contributed by atoms with E-state index in [-0.39, 0.29) is 5.91 Å². The SMILES string of the molecule is CCN(O)C(=O)CCSc1nc2ccccc2s1. The maximum absolute atomic E-state index is 11.4. The number of nitrogens with zero attached hydrogens (tertiary/aromatic N) is 2. The minimum absolute atomic E-state index is 0.244. The van der Waals surface area contributed by atoms with Crippen LogP contribution in [0.4, 0.5) is 0 Å². The maximum atomic E-state index is 11.4. The Morgan fingerprint density at radius 1 is 1.50 bits per heavy atom. The summed E-state index contributed by atoms with van der Waals surface area (Å²) >= 11 is 3.18. The number of benzene rings is 1. The van der Waals surface area contributed by atoms with Crippen LogP contribution < -0.4 is 0 Å². The highest BCUT2D eigenvalue weighted by Gasteiger charge is 2.09. The molecule has 0 unspecified atom stereocenters. The molecule has 1 heterocycles. The lowest BCUT2D eigenvalue weighted by molar-refractivity contribution is -0.163. The Hall–Kier alpha value is -1.11. The molecule has 1 amide bonds. The van der Waals surface area contributed by atoms with Crippen molar-refractivity contribution in [2.45, 2.75) is 17.7 Å². The molecule has 1 aromatic heterocycles. The molecule has 1 aromatic carbocycles. The summed E-state index contributed by atoms with van der Waals surface area (Å²) in [6.07, 6.45) is 0.324. The average molecular weight is 282 g/mol. The van der Waals surface area contributed by atoms with Gasteiger partial charge >= 0.3 is 0 Å². The van der Waals surface area contributed by atoms with Crippen molar-refractivity contribution in [3.8, 4) is 0 Å². The van der Waals surface area contributed by atoms with Crippen LogP contribution in [-0.2, 0) is 4.79 Å². The van der Waals surface area contributed by atoms with Crippen LogP contribution in [0.15, 0.2) is 28.6 Å². The second-order valence-electron chi connectivity index (χ2n) is 3.66. The molecule has 0 bridgehead atoms. The van der Waals surface area contributed by atoms with Crippen LogP contribution in [0.2, 0.25) is 0 Å². The molecule has 4 nitrogen and oxygen atoms in total. The van der Waals surface area contributed by atoms with Gasteiger partial charge in [0.25, 0.3) is 0 Å². The smallest absolute Gasteiger partial charge is 0.246 e. The summed E-state index contributed by atoms with van der Waals surface area (Å²) < 4.78 is 2.12. The van der Waals surface area contributed by atoms with Crippen LogP contribution in [0, 0.1) is 0 Å². The van der Waals surface area contributed by atoms with E-state index >= 15 is 0 Å². The summed E-state index contributed by atoms with van der Waals surface area (Å²) in [5, 5.41) is 9.95. The standard InChI is InChI=1S/C12H14N2O2S2/c1-2-14(16)11(15)7-8-17-12-13-9-5-3-4-6-10(9)18-12/h3-6,16H,2,7-8H2,1H3. The van der Waals surface area contributed by atoms with Crippen LogP contribution >= 0.6 is 23.1 Å². The Kier molecular flexibility index (Phi) is 4.57. The number of carbonyl (C=O) groups excluding carboxylic acids is 1. The molecule has 96 valence electrons. The van der Waals surface area contributed by atoms with Crippen LogP contribution in [0.5, 0.6) is 0 Å². The van der Waals surface area contributed by atoms with Crippen LogP contribution in [0.3, 0.4) is 0 Å². The van der Waals surface area contributed by atoms with Gasteiger partial charge in [0.05, 0.1) is 10.2 Å². The summed E-state index contributed by atoms with van der Waals surface area (Å²) in [5.41, 5.74) is 0.994. The number of carbonyl (C=O) groups is 1. The number of hydroxylamine groups is 2. The van der Waals surface area contributed by atoms with Crippen molar-refractivity contribution in [2.75, 3.05) is 12.3 Å². The predicted octanol–water partition coefficient (Wildman–Crippen LogP) is 3.02. The highest BCUT2D eigenvalue weighted by Crippen LogP contribution is 2.29. The zero-order chi connectivity index (χ0) is 13.0. The van der Waals surface area contributed by atoms with E-state index in [1.807, 2.05) is 24.3 Å². The largest absolute Gasteiger partial charge is 0.286 e. The monoisotopic (exact) mass is 282 g/mol. The number of amides is 1. The molecule has 0 fully saturated rings. The summed E-state index contributed by atoms with van der Waals surface area (Å²) in [4.78, 5) is 15.9. The fourth-order valence-corrected chi connectivity index (χ4v) is 3.51. The maximum Gasteiger partial charge on any atom is 0.246 e. The molecular weight excluding hydrogens is 268 g/mol. The van der Waals surface area contributed by atoms with E-state index in [1.165, 1.54) is 0 Å². The summed E-state index contributed by atoms with van der Waals surface area (Å²) in [7, 11) is 0. The second kappa shape index (κ2) is 6.17. The summed E-state index contributed by atoms with van der Waals surface area (Å²) in [5.74, 6) is 0.390. The predicted molar refractivity (Wildman–Crippen MR) is 74.1 cm³/mol. The number of hydrogen-bond donors (Lipinski definition) is 1. The molecule has 0 spiro atoms. The molecule has 6 heteroatoms. The number of hydrogen-bond acceptors (Lipinski definition) is 5. The highest BCUT2D eigenvalue weighted by molar-refractivity contribution is 8.01. The normalized spacial score (nSPS) is 10.8. The fraction of sp³-hybridized carbons (Fsp3) is 0.333. The fourth-order valence-electron chi connectivity index (χ4n) is 1.44. The third kappa shape index (κ3) is 3.22. The van der Waals surface area contributed by atoms with Crippen LogP contribution in [-0.4, -0.2) is 33.5 Å². The van der Waals surface area contributed by atoms with E-state index in [9.17, 15) is 10.0 Å². The zero-order valence-corrected chi connectivity index (χ0v) is 11.6. The van der Waals surface area contributed by atoms with Crippen molar-refractivity contribution in [2.24, 2.45) is 0 Å². The van der Waals surface area contributed by atoms with Crippen molar-refractivity contribution in [1.29, 1.82) is 0 Å². The third-order valence-electron chi connectivity index (χ3n) is 2.40. The van der Waals surface area contributed by atoms with Crippen molar-refractivity contribution in [1.82, 2.24) is 10.0 Å². The van der Waals surface area contributed by atoms with Gasteiger partial charge < -0.3 is 0 Å². The Balaban J connectivity index is 1.89. The molecule has 0 saturated carbocycles. The Morgan fingerprint density at radius 2 is 2.28 bits per heavy atom. The molecule has 2 rings (SSSR count). The van der Waals surface area contributed by atoms with Crippen molar-refractivity contribution in [3.63, 3.8) is 0 Å². The molecule has 0 aliphatic carbocycles. The lowest BCUT2D eigenvalue weighted by Gasteiger charge is -2.10. The van der Waals surface area contributed by atoms with E-state index in [4.69, 9.17) is 0 Å². The number of rotatable bonds is 5. The van der Waals surface area contributed by atoms with Gasteiger partial charge in [-0.25, -0.2) is 10.0 Å². The number of thioether (sulfide) groups is 1. The summed E-state index contributed by atoms with van der Waals surface area (Å²) in [6, 6.07) is 7.97. The first-order valence-electron chi connectivity index (χ1n) is 5.68. The van der Waals surface area contributed by atoms with E-state index in [0.717, 1.165) is 19.6 Å². The van der Waals surface area contributed by atoms with Crippen molar-refractivity contribution < 1.29 is 10.0 Å². The van der Waals surface area contributed by atoms with Crippen LogP contribution in [0.25, 0.3) is 10.2 Å². The Bertz CT molecular complexity index is 509. The van der Waals surface area contributed by atoms with Gasteiger partial charge in [-0.1, -0.05) is 23.9 Å². The van der Waals surface area contributed by atoms with Gasteiger partial charge in [0.1, 0.15) is 0 Å². The molecular formula is C12H14N2O2S2. The van der Waals surface area contributed by atoms with E-state index < -0.39 is 0 Å². The zero-order valence-electron chi connectivity index (χ0n) is 10.00. The first-order valence-corrected chi connectivity index (χ1v) is 7.48. The van der Waals surface area contributed by atoms with Crippen molar-refractivity contribution >= 4 is 39.2 Å². The molecule has 0 atom stereocenters. The third-order valence-corrected chi connectivity index (χ3v) is 4.58. The minimum atomic E-state index is -0.244. The van der Waals surface area contributed by atoms with Gasteiger partial charge in [0.2, 0.25) is 5.91 Å². The Morgan fingerprint density at radius 3 is 3.00 bits per heavy atom. The molecule has 0 aliphatic heterocycles. The molecule has 18 heavy (non-hydrogen) atoms. The molecule has 0 saturated heterocycles. The lowest BCUT2D eigenvalue weighted by Crippen LogP contribution is -2.27. The van der Waals surface area contributed by atoms with Gasteiger partial charge in [-0.3, -0.25) is 10.0 Å². The quantitative estimate of drug-likeness (QED) is 0.520. The summed E-state index contributed by atoms with van der Waals surface area (Å²) in [6.45, 7) is 2.06. The minimum Gasteiger partial charge on any atom is -0.286 e. The van der Waals surface area contributed by atoms with Gasteiger partial charge in [0.15, 0.2) is 4.34 Å². The molecule has 0 radical (unpaired) electrons. The lowest BCUT2D eigenvalue weighted by atomic mass is 10.3. The number of fused-ring (bicyclic) bond motifs is 1.